The van der Waals surface area contributed by atoms with Crippen LogP contribution in [-0.4, -0.2) is 4.98 Å². The summed E-state index contributed by atoms with van der Waals surface area (Å²) in [5.41, 5.74) is 0.857. The number of ether oxygens (including phenoxy) is 1. The Kier molecular flexibility index (Phi) is 3.37. The first-order chi connectivity index (χ1) is 7.78. The fraction of sp³-hybridized carbons (Fsp3) is 0.0833. The zero-order valence-corrected chi connectivity index (χ0v) is 9.12. The molecule has 2 nitrogen and oxygen atoms in total. The van der Waals surface area contributed by atoms with E-state index in [-0.39, 0.29) is 5.82 Å². The van der Waals surface area contributed by atoms with Gasteiger partial charge in [-0.3, -0.25) is 4.98 Å². The van der Waals surface area contributed by atoms with Crippen molar-refractivity contribution in [3.63, 3.8) is 0 Å². The zero-order valence-electron chi connectivity index (χ0n) is 8.36. The van der Waals surface area contributed by atoms with Crippen LogP contribution in [0.3, 0.4) is 0 Å². The van der Waals surface area contributed by atoms with Crippen LogP contribution in [0.5, 0.6) is 11.5 Å². The molecule has 0 spiro atoms. The summed E-state index contributed by atoms with van der Waals surface area (Å²) in [5, 5.41) is 0. The van der Waals surface area contributed by atoms with Gasteiger partial charge in [0.25, 0.3) is 0 Å². The van der Waals surface area contributed by atoms with Gasteiger partial charge in [-0.2, -0.15) is 0 Å². The molecule has 2 aromatic rings. The number of rotatable bonds is 3. The van der Waals surface area contributed by atoms with Crippen LogP contribution in [0.15, 0.2) is 42.7 Å². The first-order valence-corrected chi connectivity index (χ1v) is 5.25. The van der Waals surface area contributed by atoms with Crippen molar-refractivity contribution < 1.29 is 9.13 Å². The summed E-state index contributed by atoms with van der Waals surface area (Å²) in [6, 6.07) is 7.71. The van der Waals surface area contributed by atoms with Crippen molar-refractivity contribution in [3.8, 4) is 11.5 Å². The predicted molar refractivity (Wildman–Crippen MR) is 60.3 cm³/mol. The van der Waals surface area contributed by atoms with E-state index in [2.05, 4.69) is 4.98 Å². The lowest BCUT2D eigenvalue weighted by molar-refractivity contribution is 0.474. The molecule has 1 heterocycles. The largest absolute Gasteiger partial charge is 0.456 e. The van der Waals surface area contributed by atoms with E-state index >= 15 is 0 Å². The minimum Gasteiger partial charge on any atom is -0.456 e. The number of alkyl halides is 1. The van der Waals surface area contributed by atoms with Crippen LogP contribution in [0, 0.1) is 5.82 Å². The summed E-state index contributed by atoms with van der Waals surface area (Å²) < 4.78 is 18.3. The first kappa shape index (κ1) is 10.9. The van der Waals surface area contributed by atoms with Gasteiger partial charge in [0.2, 0.25) is 0 Å². The van der Waals surface area contributed by atoms with Crippen molar-refractivity contribution >= 4 is 11.6 Å². The highest BCUT2D eigenvalue weighted by Crippen LogP contribution is 2.22. The quantitative estimate of drug-likeness (QED) is 0.759. The Morgan fingerprint density at radius 3 is 2.81 bits per heavy atom. The molecule has 82 valence electrons. The minimum absolute atomic E-state index is 0.334. The second-order valence-corrected chi connectivity index (χ2v) is 3.49. The van der Waals surface area contributed by atoms with E-state index in [0.717, 1.165) is 5.56 Å². The van der Waals surface area contributed by atoms with E-state index in [1.165, 1.54) is 12.1 Å². The Labute approximate surface area is 97.7 Å². The van der Waals surface area contributed by atoms with Crippen molar-refractivity contribution in [3.05, 3.63) is 54.1 Å². The molecule has 0 atom stereocenters. The van der Waals surface area contributed by atoms with Gasteiger partial charge in [-0.15, -0.1) is 11.6 Å². The molecule has 1 aromatic carbocycles. The molecule has 0 unspecified atom stereocenters. The highest BCUT2D eigenvalue weighted by molar-refractivity contribution is 6.17. The lowest BCUT2D eigenvalue weighted by Gasteiger charge is -2.05. The van der Waals surface area contributed by atoms with Crippen molar-refractivity contribution in [1.82, 2.24) is 4.98 Å². The topological polar surface area (TPSA) is 22.1 Å². The number of hydrogen-bond donors (Lipinski definition) is 0. The lowest BCUT2D eigenvalue weighted by atomic mass is 10.3. The van der Waals surface area contributed by atoms with Crippen molar-refractivity contribution in [2.45, 2.75) is 5.88 Å². The molecular weight excluding hydrogens is 229 g/mol. The van der Waals surface area contributed by atoms with Gasteiger partial charge in [0, 0.05) is 18.1 Å². The van der Waals surface area contributed by atoms with Gasteiger partial charge >= 0.3 is 0 Å². The average Bonchev–Trinajstić information content (AvgIpc) is 2.29. The van der Waals surface area contributed by atoms with Gasteiger partial charge in [-0.25, -0.2) is 4.39 Å². The second kappa shape index (κ2) is 4.94. The molecule has 0 aliphatic carbocycles. The van der Waals surface area contributed by atoms with Crippen LogP contribution in [0.25, 0.3) is 0 Å². The SMILES string of the molecule is Fc1cccc(Oc2cncc(CCl)c2)c1. The molecule has 0 aliphatic rings. The molecule has 16 heavy (non-hydrogen) atoms. The average molecular weight is 238 g/mol. The summed E-state index contributed by atoms with van der Waals surface area (Å²) >= 11 is 5.67. The number of halogens is 2. The Morgan fingerprint density at radius 2 is 2.06 bits per heavy atom. The summed E-state index contributed by atoms with van der Waals surface area (Å²) in [7, 11) is 0. The van der Waals surface area contributed by atoms with E-state index in [9.17, 15) is 4.39 Å². The van der Waals surface area contributed by atoms with Crippen LogP contribution in [-0.2, 0) is 5.88 Å². The fourth-order valence-corrected chi connectivity index (χ4v) is 1.41. The third-order valence-electron chi connectivity index (χ3n) is 1.96. The molecule has 0 saturated heterocycles. The molecule has 2 rings (SSSR count). The maximum Gasteiger partial charge on any atom is 0.146 e. The van der Waals surface area contributed by atoms with Gasteiger partial charge in [-0.1, -0.05) is 6.07 Å². The summed E-state index contributed by atoms with van der Waals surface area (Å²) in [6.07, 6.45) is 3.21. The molecule has 0 amide bonds. The number of benzene rings is 1. The molecule has 0 fully saturated rings. The monoisotopic (exact) mass is 237 g/mol. The molecule has 0 bridgehead atoms. The molecule has 0 aliphatic heterocycles. The Bertz CT molecular complexity index is 490. The number of hydrogen-bond acceptors (Lipinski definition) is 2. The number of aromatic nitrogens is 1. The molecular formula is C12H9ClFNO. The minimum atomic E-state index is -0.334. The maximum absolute atomic E-state index is 12.9. The summed E-state index contributed by atoms with van der Waals surface area (Å²) in [5.74, 6) is 1.02. The normalized spacial score (nSPS) is 10.1. The van der Waals surface area contributed by atoms with Crippen molar-refractivity contribution in [1.29, 1.82) is 0 Å². The highest BCUT2D eigenvalue weighted by Gasteiger charge is 2.00. The highest BCUT2D eigenvalue weighted by atomic mass is 35.5. The third-order valence-corrected chi connectivity index (χ3v) is 2.26. The lowest BCUT2D eigenvalue weighted by Crippen LogP contribution is -1.88. The Morgan fingerprint density at radius 1 is 1.19 bits per heavy atom. The van der Waals surface area contributed by atoms with Crippen LogP contribution < -0.4 is 4.74 Å². The smallest absolute Gasteiger partial charge is 0.146 e. The molecule has 1 aromatic heterocycles. The maximum atomic E-state index is 12.9. The van der Waals surface area contributed by atoms with Crippen LogP contribution in [0.2, 0.25) is 0 Å². The molecule has 0 N–H and O–H groups in total. The Balaban J connectivity index is 2.20. The fourth-order valence-electron chi connectivity index (χ4n) is 1.26. The standard InChI is InChI=1S/C12H9ClFNO/c13-6-9-4-12(8-15-7-9)16-11-3-1-2-10(14)5-11/h1-5,7-8H,6H2. The third kappa shape index (κ3) is 2.70. The Hall–Kier alpha value is -1.61. The van der Waals surface area contributed by atoms with Gasteiger partial charge in [-0.05, 0) is 23.8 Å². The van der Waals surface area contributed by atoms with Gasteiger partial charge in [0.15, 0.2) is 0 Å². The van der Waals surface area contributed by atoms with Crippen molar-refractivity contribution in [2.75, 3.05) is 0 Å². The predicted octanol–water partition coefficient (Wildman–Crippen LogP) is 3.75. The van der Waals surface area contributed by atoms with E-state index in [1.807, 2.05) is 0 Å². The second-order valence-electron chi connectivity index (χ2n) is 3.22. The van der Waals surface area contributed by atoms with Crippen LogP contribution in [0.1, 0.15) is 5.56 Å². The van der Waals surface area contributed by atoms with Gasteiger partial charge in [0.05, 0.1) is 6.20 Å². The van der Waals surface area contributed by atoms with E-state index in [4.69, 9.17) is 16.3 Å². The van der Waals surface area contributed by atoms with E-state index in [1.54, 1.807) is 30.6 Å². The summed E-state index contributed by atoms with van der Waals surface area (Å²) in [6.45, 7) is 0. The molecule has 0 saturated carbocycles. The molecule has 0 radical (unpaired) electrons. The van der Waals surface area contributed by atoms with E-state index < -0.39 is 0 Å². The van der Waals surface area contributed by atoms with Gasteiger partial charge < -0.3 is 4.74 Å². The first-order valence-electron chi connectivity index (χ1n) is 4.71. The van der Waals surface area contributed by atoms with Gasteiger partial charge in [0.1, 0.15) is 17.3 Å². The van der Waals surface area contributed by atoms with Crippen molar-refractivity contribution in [2.24, 2.45) is 0 Å². The summed E-state index contributed by atoms with van der Waals surface area (Å²) in [4.78, 5) is 3.97. The number of nitrogens with zero attached hydrogens (tertiary/aromatic N) is 1. The number of pyridine rings is 1. The van der Waals surface area contributed by atoms with E-state index in [0.29, 0.717) is 17.4 Å². The zero-order chi connectivity index (χ0) is 11.4. The van der Waals surface area contributed by atoms with Crippen LogP contribution in [0.4, 0.5) is 4.39 Å². The van der Waals surface area contributed by atoms with Crippen LogP contribution >= 0.6 is 11.6 Å². The molecule has 4 heteroatoms.